The molecular weight excluding hydrogens is 508 g/mol. The minimum atomic E-state index is -4.96. The van der Waals surface area contributed by atoms with Crippen LogP contribution in [0.2, 0.25) is 0 Å². The van der Waals surface area contributed by atoms with Gasteiger partial charge in [-0.3, -0.25) is 10.1 Å². The van der Waals surface area contributed by atoms with Gasteiger partial charge < -0.3 is 20.1 Å². The summed E-state index contributed by atoms with van der Waals surface area (Å²) in [4.78, 5) is 30.9. The fourth-order valence-electron chi connectivity index (χ4n) is 4.08. The second-order valence-electron chi connectivity index (χ2n) is 9.48. The third kappa shape index (κ3) is 8.22. The molecule has 0 bridgehead atoms. The van der Waals surface area contributed by atoms with Crippen LogP contribution in [0.5, 0.6) is 5.75 Å². The summed E-state index contributed by atoms with van der Waals surface area (Å²) in [6, 6.07) is 3.05. The first-order valence-corrected chi connectivity index (χ1v) is 12.2. The number of hydrogen-bond donors (Lipinski definition) is 2. The van der Waals surface area contributed by atoms with Crippen molar-refractivity contribution >= 4 is 23.5 Å². The van der Waals surface area contributed by atoms with Crippen LogP contribution >= 0.6 is 0 Å². The molecule has 0 aliphatic carbocycles. The normalized spacial score (nSPS) is 14.3. The van der Waals surface area contributed by atoms with E-state index in [1.165, 1.54) is 4.90 Å². The first kappa shape index (κ1) is 30.7. The highest BCUT2D eigenvalue weighted by atomic mass is 19.4. The van der Waals surface area contributed by atoms with Gasteiger partial charge in [-0.25, -0.2) is 14.2 Å². The Morgan fingerprint density at radius 2 is 1.74 bits per heavy atom. The Morgan fingerprint density at radius 1 is 1.13 bits per heavy atom. The Bertz CT molecular complexity index is 1140. The quantitative estimate of drug-likeness (QED) is 0.433. The largest absolute Gasteiger partial charge is 0.573 e. The molecule has 2 amide bonds. The molecule has 3 rings (SSSR count). The number of halogens is 4. The molecule has 210 valence electrons. The van der Waals surface area contributed by atoms with E-state index >= 15 is 0 Å². The lowest BCUT2D eigenvalue weighted by atomic mass is 9.86. The van der Waals surface area contributed by atoms with E-state index in [4.69, 9.17) is 10.5 Å². The van der Waals surface area contributed by atoms with Gasteiger partial charge in [0.25, 0.3) is 5.91 Å². The van der Waals surface area contributed by atoms with Gasteiger partial charge in [-0.2, -0.15) is 0 Å². The molecule has 0 saturated carbocycles. The van der Waals surface area contributed by atoms with E-state index < -0.39 is 35.5 Å². The van der Waals surface area contributed by atoms with E-state index in [1.807, 2.05) is 13.8 Å². The molecule has 2 aromatic rings. The lowest BCUT2D eigenvalue weighted by Crippen LogP contribution is -2.38. The number of alkyl halides is 3. The maximum atomic E-state index is 14.4. The Kier molecular flexibility index (Phi) is 9.93. The number of anilines is 2. The second-order valence-corrected chi connectivity index (χ2v) is 9.48. The third-order valence-corrected chi connectivity index (χ3v) is 5.64. The lowest BCUT2D eigenvalue weighted by Gasteiger charge is -2.33. The van der Waals surface area contributed by atoms with E-state index in [0.717, 1.165) is 24.4 Å². The van der Waals surface area contributed by atoms with Crippen LogP contribution in [-0.4, -0.2) is 46.9 Å². The van der Waals surface area contributed by atoms with Crippen molar-refractivity contribution < 1.29 is 36.6 Å². The molecule has 0 spiro atoms. The number of pyridine rings is 1. The summed E-state index contributed by atoms with van der Waals surface area (Å²) in [6.07, 6.45) is -3.94. The van der Waals surface area contributed by atoms with Crippen LogP contribution in [0, 0.1) is 12.7 Å². The van der Waals surface area contributed by atoms with Gasteiger partial charge in [0, 0.05) is 19.2 Å². The van der Waals surface area contributed by atoms with Crippen LogP contribution in [0.15, 0.2) is 24.4 Å². The number of rotatable bonds is 4. The molecule has 2 heterocycles. The van der Waals surface area contributed by atoms with Gasteiger partial charge in [0.2, 0.25) is 0 Å². The van der Waals surface area contributed by atoms with E-state index in [0.29, 0.717) is 24.0 Å². The van der Waals surface area contributed by atoms with Crippen molar-refractivity contribution in [3.8, 4) is 5.75 Å². The summed E-state index contributed by atoms with van der Waals surface area (Å²) in [7, 11) is 0. The molecule has 1 aromatic heterocycles. The fourth-order valence-corrected chi connectivity index (χ4v) is 4.08. The Labute approximate surface area is 219 Å². The minimum Gasteiger partial charge on any atom is -0.444 e. The third-order valence-electron chi connectivity index (χ3n) is 5.64. The number of ether oxygens (including phenoxy) is 2. The van der Waals surface area contributed by atoms with Crippen molar-refractivity contribution in [1.82, 2.24) is 9.88 Å². The highest BCUT2D eigenvalue weighted by Gasteiger charge is 2.33. The molecule has 0 unspecified atom stereocenters. The molecule has 1 saturated heterocycles. The predicted molar refractivity (Wildman–Crippen MR) is 136 cm³/mol. The molecule has 0 radical (unpaired) electrons. The zero-order chi connectivity index (χ0) is 28.8. The van der Waals surface area contributed by atoms with E-state index in [-0.39, 0.29) is 36.1 Å². The maximum Gasteiger partial charge on any atom is 0.573 e. The number of likely N-dealkylation sites (tertiary alicyclic amines) is 1. The number of aromatic nitrogens is 1. The van der Waals surface area contributed by atoms with Gasteiger partial charge >= 0.3 is 12.5 Å². The first-order valence-electron chi connectivity index (χ1n) is 12.2. The molecule has 1 aromatic carbocycles. The highest BCUT2D eigenvalue weighted by Crippen LogP contribution is 2.35. The van der Waals surface area contributed by atoms with Crippen LogP contribution in [0.4, 0.5) is 33.9 Å². The number of nitrogen functional groups attached to an aromatic ring is 1. The van der Waals surface area contributed by atoms with Gasteiger partial charge in [-0.05, 0) is 69.7 Å². The Hall–Kier alpha value is -3.57. The predicted octanol–water partition coefficient (Wildman–Crippen LogP) is 6.40. The summed E-state index contributed by atoms with van der Waals surface area (Å²) >= 11 is 0. The Morgan fingerprint density at radius 3 is 2.29 bits per heavy atom. The van der Waals surface area contributed by atoms with E-state index in [9.17, 15) is 27.2 Å². The number of benzene rings is 1. The second kappa shape index (κ2) is 12.3. The van der Waals surface area contributed by atoms with Gasteiger partial charge in [-0.15, -0.1) is 13.2 Å². The number of carbonyl (C=O) groups excluding carboxylic acids is 2. The topological polar surface area (TPSA) is 107 Å². The Balaban J connectivity index is 0.00000247. The van der Waals surface area contributed by atoms with Crippen molar-refractivity contribution in [2.75, 3.05) is 24.1 Å². The molecule has 1 fully saturated rings. The van der Waals surface area contributed by atoms with Gasteiger partial charge in [0.05, 0.1) is 17.4 Å². The van der Waals surface area contributed by atoms with Crippen molar-refractivity contribution in [3.63, 3.8) is 0 Å². The van der Waals surface area contributed by atoms with Crippen LogP contribution in [0.25, 0.3) is 0 Å². The van der Waals surface area contributed by atoms with Gasteiger partial charge in [-0.1, -0.05) is 13.8 Å². The number of nitrogens with zero attached hydrogens (tertiary/aromatic N) is 2. The summed E-state index contributed by atoms with van der Waals surface area (Å²) in [6.45, 7) is 11.1. The van der Waals surface area contributed by atoms with Gasteiger partial charge in [0.15, 0.2) is 0 Å². The van der Waals surface area contributed by atoms with Crippen molar-refractivity contribution in [2.24, 2.45) is 0 Å². The molecule has 38 heavy (non-hydrogen) atoms. The van der Waals surface area contributed by atoms with E-state index in [1.54, 1.807) is 27.7 Å². The van der Waals surface area contributed by atoms with Crippen LogP contribution < -0.4 is 15.8 Å². The van der Waals surface area contributed by atoms with Crippen molar-refractivity contribution in [2.45, 2.75) is 72.3 Å². The molecule has 1 aliphatic rings. The summed E-state index contributed by atoms with van der Waals surface area (Å²) in [5.41, 5.74) is 5.75. The number of hydrogen-bond acceptors (Lipinski definition) is 6. The minimum absolute atomic E-state index is 0.0376. The van der Waals surface area contributed by atoms with Crippen molar-refractivity contribution in [3.05, 3.63) is 46.9 Å². The SMILES string of the molecule is CC.Cc1c(N)ncc(F)c1C1CCN(C(=O)c2ccc(OC(F)(F)F)cc2NC(=O)OC(C)(C)C)CC1. The van der Waals surface area contributed by atoms with Gasteiger partial charge in [0.1, 0.15) is 23.0 Å². The number of nitrogens with one attached hydrogen (secondary N) is 1. The van der Waals surface area contributed by atoms with Crippen LogP contribution in [0.3, 0.4) is 0 Å². The average Bonchev–Trinajstić information content (AvgIpc) is 2.81. The maximum absolute atomic E-state index is 14.4. The highest BCUT2D eigenvalue weighted by molar-refractivity contribution is 6.03. The summed E-state index contributed by atoms with van der Waals surface area (Å²) in [5, 5.41) is 2.34. The zero-order valence-electron chi connectivity index (χ0n) is 22.3. The zero-order valence-corrected chi connectivity index (χ0v) is 22.3. The number of nitrogens with two attached hydrogens (primary N) is 1. The summed E-state index contributed by atoms with van der Waals surface area (Å²) < 4.78 is 61.7. The number of carbonyl (C=O) groups is 2. The number of amides is 2. The monoisotopic (exact) mass is 542 g/mol. The standard InChI is InChI=1S/C24H28F4N4O4.C2H6/c1-13-19(17(25)12-30-20(13)29)14-7-9-32(10-8-14)21(33)16-6-5-15(35-24(26,27)28)11-18(16)31-22(34)36-23(2,3)4;1-2/h5-6,11-12,14H,7-10H2,1-4H3,(H2,29,30)(H,31,34);1-2H3. The fraction of sp³-hybridized carbons (Fsp3) is 0.500. The molecule has 12 heteroatoms. The molecule has 3 N–H and O–H groups in total. The van der Waals surface area contributed by atoms with E-state index in [2.05, 4.69) is 15.0 Å². The smallest absolute Gasteiger partial charge is 0.444 e. The summed E-state index contributed by atoms with van der Waals surface area (Å²) in [5.74, 6) is -1.52. The molecule has 1 aliphatic heterocycles. The molecular formula is C26H34F4N4O4. The number of piperidine rings is 1. The van der Waals surface area contributed by atoms with Crippen LogP contribution in [-0.2, 0) is 4.74 Å². The lowest BCUT2D eigenvalue weighted by molar-refractivity contribution is -0.274. The average molecular weight is 543 g/mol. The van der Waals surface area contributed by atoms with Crippen LogP contribution in [0.1, 0.15) is 74.9 Å². The van der Waals surface area contributed by atoms with Crippen molar-refractivity contribution in [1.29, 1.82) is 0 Å². The molecule has 8 nitrogen and oxygen atoms in total. The molecule has 0 atom stereocenters. The first-order chi connectivity index (χ1) is 17.6.